The number of hydrogen-bond acceptors (Lipinski definition) is 4. The van der Waals surface area contributed by atoms with Gasteiger partial charge in [-0.15, -0.1) is 0 Å². The van der Waals surface area contributed by atoms with E-state index in [1.807, 2.05) is 13.0 Å². The van der Waals surface area contributed by atoms with Gasteiger partial charge >= 0.3 is 0 Å². The third-order valence-corrected chi connectivity index (χ3v) is 3.98. The van der Waals surface area contributed by atoms with E-state index in [-0.39, 0.29) is 6.04 Å². The Morgan fingerprint density at radius 2 is 2.30 bits per heavy atom. The molecule has 2 unspecified atom stereocenters. The molecule has 1 saturated heterocycles. The van der Waals surface area contributed by atoms with Gasteiger partial charge in [-0.2, -0.15) is 0 Å². The molecule has 0 aliphatic carbocycles. The first-order valence-corrected chi connectivity index (χ1v) is 7.21. The maximum Gasteiger partial charge on any atom is 0.0705 e. The van der Waals surface area contributed by atoms with Crippen LogP contribution in [-0.2, 0) is 4.74 Å². The predicted molar refractivity (Wildman–Crippen MR) is 80.1 cm³/mol. The fourth-order valence-corrected chi connectivity index (χ4v) is 2.86. The van der Waals surface area contributed by atoms with Crippen LogP contribution in [0.2, 0.25) is 0 Å². The average molecular weight is 271 g/mol. The molecule has 1 aromatic heterocycles. The van der Waals surface area contributed by atoms with Gasteiger partial charge < -0.3 is 4.74 Å². The number of fused-ring (bicyclic) bond motifs is 1. The Labute approximate surface area is 119 Å². The van der Waals surface area contributed by atoms with E-state index in [0.717, 1.165) is 42.5 Å². The van der Waals surface area contributed by atoms with Crippen molar-refractivity contribution in [1.82, 2.24) is 10.4 Å². The van der Waals surface area contributed by atoms with Gasteiger partial charge in [0.05, 0.1) is 11.6 Å². The first-order chi connectivity index (χ1) is 9.76. The fraction of sp³-hybridized carbons (Fsp3) is 0.438. The van der Waals surface area contributed by atoms with Crippen molar-refractivity contribution in [1.29, 1.82) is 0 Å². The van der Waals surface area contributed by atoms with Crippen LogP contribution in [0, 0.1) is 6.92 Å². The monoisotopic (exact) mass is 271 g/mol. The molecule has 0 radical (unpaired) electrons. The quantitative estimate of drug-likeness (QED) is 0.663. The van der Waals surface area contributed by atoms with Gasteiger partial charge in [0.15, 0.2) is 0 Å². The second-order valence-electron chi connectivity index (χ2n) is 5.49. The number of benzene rings is 1. The highest BCUT2D eigenvalue weighted by atomic mass is 16.5. The van der Waals surface area contributed by atoms with Gasteiger partial charge in [-0.05, 0) is 49.9 Å². The molecule has 0 spiro atoms. The number of aryl methyl sites for hydroxylation is 1. The Hall–Kier alpha value is -1.49. The van der Waals surface area contributed by atoms with Crippen LogP contribution in [0.1, 0.15) is 36.6 Å². The minimum atomic E-state index is 0.129. The summed E-state index contributed by atoms with van der Waals surface area (Å²) < 4.78 is 5.70. The first-order valence-electron chi connectivity index (χ1n) is 7.21. The van der Waals surface area contributed by atoms with Crippen LogP contribution in [0.25, 0.3) is 10.9 Å². The molecule has 0 bridgehead atoms. The SMILES string of the molecule is Cc1ccc2cc(C(CC3CCCO3)NN)ccc2n1. The number of nitrogens with one attached hydrogen (secondary N) is 1. The van der Waals surface area contributed by atoms with Crippen LogP contribution < -0.4 is 11.3 Å². The highest BCUT2D eigenvalue weighted by Crippen LogP contribution is 2.26. The highest BCUT2D eigenvalue weighted by Gasteiger charge is 2.21. The molecular weight excluding hydrogens is 250 g/mol. The molecule has 2 atom stereocenters. The molecule has 2 heterocycles. The number of pyridine rings is 1. The van der Waals surface area contributed by atoms with Crippen LogP contribution in [0.5, 0.6) is 0 Å². The van der Waals surface area contributed by atoms with Gasteiger partial charge in [0.25, 0.3) is 0 Å². The summed E-state index contributed by atoms with van der Waals surface area (Å²) in [4.78, 5) is 4.53. The lowest BCUT2D eigenvalue weighted by molar-refractivity contribution is 0.0946. The fourth-order valence-electron chi connectivity index (χ4n) is 2.86. The van der Waals surface area contributed by atoms with Gasteiger partial charge in [0.2, 0.25) is 0 Å². The summed E-state index contributed by atoms with van der Waals surface area (Å²) in [5.41, 5.74) is 6.19. The highest BCUT2D eigenvalue weighted by molar-refractivity contribution is 5.79. The summed E-state index contributed by atoms with van der Waals surface area (Å²) in [6, 6.07) is 10.6. The smallest absolute Gasteiger partial charge is 0.0705 e. The average Bonchev–Trinajstić information content (AvgIpc) is 2.97. The van der Waals surface area contributed by atoms with Gasteiger partial charge in [0.1, 0.15) is 0 Å². The van der Waals surface area contributed by atoms with Crippen LogP contribution in [0.15, 0.2) is 30.3 Å². The van der Waals surface area contributed by atoms with E-state index in [1.165, 1.54) is 5.56 Å². The molecule has 1 fully saturated rings. The summed E-state index contributed by atoms with van der Waals surface area (Å²) >= 11 is 0. The van der Waals surface area contributed by atoms with Crippen LogP contribution in [0.4, 0.5) is 0 Å². The van der Waals surface area contributed by atoms with E-state index in [0.29, 0.717) is 6.10 Å². The Morgan fingerprint density at radius 3 is 3.05 bits per heavy atom. The molecule has 20 heavy (non-hydrogen) atoms. The van der Waals surface area contributed by atoms with E-state index in [9.17, 15) is 0 Å². The largest absolute Gasteiger partial charge is 0.378 e. The number of nitrogens with two attached hydrogens (primary N) is 1. The topological polar surface area (TPSA) is 60.2 Å². The summed E-state index contributed by atoms with van der Waals surface area (Å²) in [7, 11) is 0. The minimum absolute atomic E-state index is 0.129. The normalized spacial score (nSPS) is 20.4. The molecule has 3 N–H and O–H groups in total. The molecule has 2 aromatic rings. The van der Waals surface area contributed by atoms with Crippen molar-refractivity contribution in [3.8, 4) is 0 Å². The zero-order valence-electron chi connectivity index (χ0n) is 11.8. The molecule has 4 heteroatoms. The van der Waals surface area contributed by atoms with Crippen LogP contribution in [-0.4, -0.2) is 17.7 Å². The van der Waals surface area contributed by atoms with Gasteiger partial charge in [-0.1, -0.05) is 12.1 Å². The molecule has 1 aromatic carbocycles. The Morgan fingerprint density at radius 1 is 1.40 bits per heavy atom. The second-order valence-corrected chi connectivity index (χ2v) is 5.49. The molecule has 3 rings (SSSR count). The van der Waals surface area contributed by atoms with Gasteiger partial charge in [-0.3, -0.25) is 16.3 Å². The van der Waals surface area contributed by atoms with Crippen molar-refractivity contribution in [2.24, 2.45) is 5.84 Å². The summed E-state index contributed by atoms with van der Waals surface area (Å²) in [6.07, 6.45) is 3.53. The van der Waals surface area contributed by atoms with Crippen molar-refractivity contribution in [2.45, 2.75) is 38.3 Å². The van der Waals surface area contributed by atoms with E-state index >= 15 is 0 Å². The van der Waals surface area contributed by atoms with Crippen molar-refractivity contribution in [3.63, 3.8) is 0 Å². The molecule has 106 valence electrons. The number of ether oxygens (including phenoxy) is 1. The van der Waals surface area contributed by atoms with Crippen LogP contribution >= 0.6 is 0 Å². The Bertz CT molecular complexity index is 593. The van der Waals surface area contributed by atoms with E-state index in [2.05, 4.69) is 34.7 Å². The predicted octanol–water partition coefficient (Wildman–Crippen LogP) is 2.62. The lowest BCUT2D eigenvalue weighted by Crippen LogP contribution is -2.30. The van der Waals surface area contributed by atoms with E-state index < -0.39 is 0 Å². The summed E-state index contributed by atoms with van der Waals surface area (Å²) in [5, 5.41) is 1.15. The Balaban J connectivity index is 1.85. The summed E-state index contributed by atoms with van der Waals surface area (Å²) in [5.74, 6) is 5.73. The number of hydrogen-bond donors (Lipinski definition) is 2. The number of hydrazine groups is 1. The summed E-state index contributed by atoms with van der Waals surface area (Å²) in [6.45, 7) is 2.89. The minimum Gasteiger partial charge on any atom is -0.378 e. The zero-order chi connectivity index (χ0) is 13.9. The van der Waals surface area contributed by atoms with E-state index in [1.54, 1.807) is 0 Å². The maximum absolute atomic E-state index is 5.73. The van der Waals surface area contributed by atoms with Crippen molar-refractivity contribution >= 4 is 10.9 Å². The number of aromatic nitrogens is 1. The number of nitrogens with zero attached hydrogens (tertiary/aromatic N) is 1. The van der Waals surface area contributed by atoms with Gasteiger partial charge in [0, 0.05) is 23.7 Å². The second kappa shape index (κ2) is 5.87. The standard InChI is InChI=1S/C16H21N3O/c1-11-4-5-12-9-13(6-7-15(12)18-11)16(19-17)10-14-3-2-8-20-14/h4-7,9,14,16,19H,2-3,8,10,17H2,1H3. The third kappa shape index (κ3) is 2.82. The van der Waals surface area contributed by atoms with Crippen molar-refractivity contribution < 1.29 is 4.74 Å². The molecule has 0 amide bonds. The van der Waals surface area contributed by atoms with Crippen LogP contribution in [0.3, 0.4) is 0 Å². The Kier molecular flexibility index (Phi) is 3.96. The molecule has 1 aliphatic heterocycles. The molecule has 4 nitrogen and oxygen atoms in total. The maximum atomic E-state index is 5.73. The lowest BCUT2D eigenvalue weighted by Gasteiger charge is -2.20. The lowest BCUT2D eigenvalue weighted by atomic mass is 9.98. The van der Waals surface area contributed by atoms with Gasteiger partial charge in [-0.25, -0.2) is 0 Å². The first kappa shape index (κ1) is 13.5. The molecule has 0 saturated carbocycles. The van der Waals surface area contributed by atoms with E-state index in [4.69, 9.17) is 10.6 Å². The molecular formula is C16H21N3O. The zero-order valence-corrected chi connectivity index (χ0v) is 11.8. The third-order valence-electron chi connectivity index (χ3n) is 3.98. The van der Waals surface area contributed by atoms with Crippen molar-refractivity contribution in [3.05, 3.63) is 41.6 Å². The number of rotatable bonds is 4. The van der Waals surface area contributed by atoms with Crippen molar-refractivity contribution in [2.75, 3.05) is 6.61 Å². The molecule has 1 aliphatic rings.